The minimum atomic E-state index is -2.54. The van der Waals surface area contributed by atoms with Gasteiger partial charge in [0.2, 0.25) is 0 Å². The van der Waals surface area contributed by atoms with Crippen LogP contribution in [0.5, 0.6) is 0 Å². The van der Waals surface area contributed by atoms with Gasteiger partial charge in [0.1, 0.15) is 0 Å². The Morgan fingerprint density at radius 2 is 1.48 bits per heavy atom. The maximum absolute atomic E-state index is 14.6. The van der Waals surface area contributed by atoms with Gasteiger partial charge in [-0.05, 0) is 25.7 Å². The lowest BCUT2D eigenvalue weighted by molar-refractivity contribution is -0.152. The van der Waals surface area contributed by atoms with Crippen LogP contribution in [-0.2, 0) is 4.74 Å². The van der Waals surface area contributed by atoms with Crippen molar-refractivity contribution in [2.45, 2.75) is 116 Å². The molecule has 1 rings (SSSR count). The molecule has 0 aromatic heterocycles. The molecule has 2 atom stereocenters. The molecule has 0 unspecified atom stereocenters. The van der Waals surface area contributed by atoms with Gasteiger partial charge in [0, 0.05) is 18.9 Å². The molecule has 0 aliphatic carbocycles. The molecule has 1 nitrogen and oxygen atoms in total. The summed E-state index contributed by atoms with van der Waals surface area (Å²) in [7, 11) is 0. The molecule has 0 aromatic carbocycles. The van der Waals surface area contributed by atoms with Crippen molar-refractivity contribution in [3.63, 3.8) is 0 Å². The topological polar surface area (TPSA) is 9.23 Å². The molecule has 1 saturated heterocycles. The first-order valence-electron chi connectivity index (χ1n) is 10.1. The second-order valence-corrected chi connectivity index (χ2v) is 7.29. The fraction of sp³-hybridized carbons (Fsp3) is 1.00. The summed E-state index contributed by atoms with van der Waals surface area (Å²) in [6, 6.07) is 0. The summed E-state index contributed by atoms with van der Waals surface area (Å²) in [6.45, 7) is 5.00. The van der Waals surface area contributed by atoms with Crippen LogP contribution in [0, 0.1) is 5.92 Å². The van der Waals surface area contributed by atoms with E-state index < -0.39 is 11.8 Å². The van der Waals surface area contributed by atoms with E-state index in [1.54, 1.807) is 0 Å². The van der Waals surface area contributed by atoms with E-state index in [9.17, 15) is 8.78 Å². The average Bonchev–Trinajstić information content (AvgIpc) is 2.55. The van der Waals surface area contributed by atoms with Gasteiger partial charge in [-0.25, -0.2) is 8.78 Å². The standard InChI is InChI=1S/C20H38F2O/c1-3-5-7-9-10-11-15-19-18(14-13-17-23-19)20(21,22)16-12-8-6-4-2/h18-19H,3-17H2,1-2H3/t18-,19+/m0/s1. The highest BCUT2D eigenvalue weighted by atomic mass is 19.3. The van der Waals surface area contributed by atoms with Crippen LogP contribution < -0.4 is 0 Å². The van der Waals surface area contributed by atoms with E-state index in [1.165, 1.54) is 25.7 Å². The Morgan fingerprint density at radius 3 is 2.17 bits per heavy atom. The van der Waals surface area contributed by atoms with E-state index in [-0.39, 0.29) is 12.5 Å². The summed E-state index contributed by atoms with van der Waals surface area (Å²) in [5, 5.41) is 0. The van der Waals surface area contributed by atoms with Crippen molar-refractivity contribution in [1.82, 2.24) is 0 Å². The third kappa shape index (κ3) is 8.47. The van der Waals surface area contributed by atoms with E-state index in [1.807, 2.05) is 0 Å². The van der Waals surface area contributed by atoms with Gasteiger partial charge < -0.3 is 4.74 Å². The molecule has 138 valence electrons. The zero-order chi connectivity index (χ0) is 17.0. The number of unbranched alkanes of at least 4 members (excludes halogenated alkanes) is 8. The zero-order valence-electron chi connectivity index (χ0n) is 15.4. The first-order chi connectivity index (χ1) is 11.1. The second kappa shape index (κ2) is 12.2. The molecule has 0 aromatic rings. The molecule has 3 heteroatoms. The van der Waals surface area contributed by atoms with Gasteiger partial charge >= 0.3 is 0 Å². The van der Waals surface area contributed by atoms with Crippen molar-refractivity contribution in [3.8, 4) is 0 Å². The normalized spacial score (nSPS) is 22.4. The van der Waals surface area contributed by atoms with Crippen molar-refractivity contribution in [3.05, 3.63) is 0 Å². The van der Waals surface area contributed by atoms with Gasteiger partial charge in [-0.2, -0.15) is 0 Å². The van der Waals surface area contributed by atoms with E-state index in [0.29, 0.717) is 19.4 Å². The fourth-order valence-electron chi connectivity index (χ4n) is 3.71. The Bertz CT molecular complexity index is 281. The highest BCUT2D eigenvalue weighted by molar-refractivity contribution is 4.86. The molecule has 1 aliphatic heterocycles. The van der Waals surface area contributed by atoms with E-state index in [0.717, 1.165) is 44.9 Å². The Balaban J connectivity index is 2.34. The molecular formula is C20H38F2O. The monoisotopic (exact) mass is 332 g/mol. The van der Waals surface area contributed by atoms with Crippen molar-refractivity contribution < 1.29 is 13.5 Å². The maximum atomic E-state index is 14.6. The van der Waals surface area contributed by atoms with Gasteiger partial charge in [0.15, 0.2) is 0 Å². The van der Waals surface area contributed by atoms with Gasteiger partial charge in [-0.1, -0.05) is 71.6 Å². The maximum Gasteiger partial charge on any atom is 0.253 e. The number of alkyl halides is 2. The number of ether oxygens (including phenoxy) is 1. The molecule has 0 radical (unpaired) electrons. The second-order valence-electron chi connectivity index (χ2n) is 7.29. The first kappa shape index (κ1) is 20.9. The Kier molecular flexibility index (Phi) is 11.1. The van der Waals surface area contributed by atoms with Crippen molar-refractivity contribution in [1.29, 1.82) is 0 Å². The van der Waals surface area contributed by atoms with Crippen molar-refractivity contribution >= 4 is 0 Å². The number of hydrogen-bond donors (Lipinski definition) is 0. The van der Waals surface area contributed by atoms with Crippen LogP contribution in [0.4, 0.5) is 8.78 Å². The minimum absolute atomic E-state index is 0.0496. The number of halogens is 2. The summed E-state index contributed by atoms with van der Waals surface area (Å²) in [5.41, 5.74) is 0. The molecule has 1 fully saturated rings. The molecular weight excluding hydrogens is 294 g/mol. The third-order valence-corrected chi connectivity index (χ3v) is 5.19. The lowest BCUT2D eigenvalue weighted by Crippen LogP contribution is -2.42. The summed E-state index contributed by atoms with van der Waals surface area (Å²) >= 11 is 0. The quantitative estimate of drug-likeness (QED) is 0.326. The average molecular weight is 333 g/mol. The summed E-state index contributed by atoms with van der Waals surface area (Å²) in [4.78, 5) is 0. The van der Waals surface area contributed by atoms with E-state index >= 15 is 0 Å². The van der Waals surface area contributed by atoms with Crippen LogP contribution in [0.15, 0.2) is 0 Å². The molecule has 0 saturated carbocycles. The molecule has 0 amide bonds. The highest BCUT2D eigenvalue weighted by Crippen LogP contribution is 2.40. The zero-order valence-corrected chi connectivity index (χ0v) is 15.4. The number of rotatable bonds is 13. The predicted octanol–water partition coefficient (Wildman–Crippen LogP) is 7.14. The van der Waals surface area contributed by atoms with Crippen LogP contribution in [-0.4, -0.2) is 18.6 Å². The van der Waals surface area contributed by atoms with Crippen LogP contribution in [0.2, 0.25) is 0 Å². The fourth-order valence-corrected chi connectivity index (χ4v) is 3.71. The molecule has 0 spiro atoms. The van der Waals surface area contributed by atoms with Crippen LogP contribution in [0.25, 0.3) is 0 Å². The van der Waals surface area contributed by atoms with Gasteiger partial charge in [0.05, 0.1) is 6.10 Å². The Hall–Kier alpha value is -0.180. The first-order valence-corrected chi connectivity index (χ1v) is 10.1. The molecule has 23 heavy (non-hydrogen) atoms. The Morgan fingerprint density at radius 1 is 0.870 bits per heavy atom. The SMILES string of the molecule is CCCCCCCC[C@H]1OCCC[C@@H]1C(F)(F)CCCCCC. The lowest BCUT2D eigenvalue weighted by Gasteiger charge is -2.37. The predicted molar refractivity (Wildman–Crippen MR) is 94.2 cm³/mol. The molecule has 1 aliphatic rings. The van der Waals surface area contributed by atoms with Crippen LogP contribution in [0.1, 0.15) is 104 Å². The van der Waals surface area contributed by atoms with Gasteiger partial charge in [-0.15, -0.1) is 0 Å². The smallest absolute Gasteiger partial charge is 0.253 e. The van der Waals surface area contributed by atoms with E-state index in [2.05, 4.69) is 13.8 Å². The van der Waals surface area contributed by atoms with Gasteiger partial charge in [-0.3, -0.25) is 0 Å². The highest BCUT2D eigenvalue weighted by Gasteiger charge is 2.44. The van der Waals surface area contributed by atoms with Crippen molar-refractivity contribution in [2.24, 2.45) is 5.92 Å². The largest absolute Gasteiger partial charge is 0.378 e. The molecule has 0 N–H and O–H groups in total. The summed E-state index contributed by atoms with van der Waals surface area (Å²) < 4.78 is 34.9. The van der Waals surface area contributed by atoms with Gasteiger partial charge in [0.25, 0.3) is 5.92 Å². The van der Waals surface area contributed by atoms with E-state index in [4.69, 9.17) is 4.74 Å². The van der Waals surface area contributed by atoms with Crippen molar-refractivity contribution in [2.75, 3.05) is 6.61 Å². The lowest BCUT2D eigenvalue weighted by atomic mass is 9.83. The Labute approximate surface area is 142 Å². The molecule has 1 heterocycles. The minimum Gasteiger partial charge on any atom is -0.378 e. The third-order valence-electron chi connectivity index (χ3n) is 5.19. The van der Waals surface area contributed by atoms with Crippen LogP contribution in [0.3, 0.4) is 0 Å². The molecule has 0 bridgehead atoms. The summed E-state index contributed by atoms with van der Waals surface area (Å²) in [5.74, 6) is -3.09. The summed E-state index contributed by atoms with van der Waals surface area (Å²) in [6.07, 6.45) is 13.1. The van der Waals surface area contributed by atoms with Crippen LogP contribution >= 0.6 is 0 Å². The number of hydrogen-bond acceptors (Lipinski definition) is 1.